The number of terminal acetylenes is 1. The highest BCUT2D eigenvalue weighted by atomic mass is 16.5. The zero-order valence-corrected chi connectivity index (χ0v) is 15.2. The summed E-state index contributed by atoms with van der Waals surface area (Å²) in [7, 11) is 1.35. The van der Waals surface area contributed by atoms with Crippen LogP contribution in [0.4, 0.5) is 17.3 Å². The lowest BCUT2D eigenvalue weighted by molar-refractivity contribution is 0.0601. The predicted octanol–water partition coefficient (Wildman–Crippen LogP) is 1.94. The van der Waals surface area contributed by atoms with Crippen LogP contribution in [0, 0.1) is 12.3 Å². The van der Waals surface area contributed by atoms with Crippen molar-refractivity contribution in [3.63, 3.8) is 0 Å². The van der Waals surface area contributed by atoms with Crippen LogP contribution in [0.1, 0.15) is 35.3 Å². The molecule has 3 N–H and O–H groups in total. The molecule has 1 fully saturated rings. The molecule has 0 aliphatic carbocycles. The number of nitrogens with zero attached hydrogens (tertiary/aromatic N) is 3. The van der Waals surface area contributed by atoms with Gasteiger partial charge in [0.15, 0.2) is 0 Å². The fraction of sp³-hybridized carbons (Fsp3) is 0.368. The van der Waals surface area contributed by atoms with Gasteiger partial charge in [-0.2, -0.15) is 0 Å². The van der Waals surface area contributed by atoms with Crippen molar-refractivity contribution in [1.82, 2.24) is 20.3 Å². The number of carbonyl (C=O) groups excluding carboxylic acids is 1. The summed E-state index contributed by atoms with van der Waals surface area (Å²) in [6, 6.07) is 2.13. The third kappa shape index (κ3) is 4.92. The van der Waals surface area contributed by atoms with E-state index in [2.05, 4.69) is 36.8 Å². The number of methoxy groups -OCH3 is 1. The largest absolute Gasteiger partial charge is 0.465 e. The first kappa shape index (κ1) is 18.6. The molecule has 2 aromatic rings. The van der Waals surface area contributed by atoms with Crippen LogP contribution in [0.2, 0.25) is 0 Å². The van der Waals surface area contributed by atoms with Crippen molar-refractivity contribution >= 4 is 23.3 Å². The van der Waals surface area contributed by atoms with Crippen molar-refractivity contribution in [2.45, 2.75) is 25.3 Å². The molecule has 8 nitrogen and oxygen atoms in total. The number of hydrogen-bond donors (Lipinski definition) is 3. The Kier molecular flexibility index (Phi) is 6.18. The van der Waals surface area contributed by atoms with E-state index in [0.717, 1.165) is 13.0 Å². The van der Waals surface area contributed by atoms with E-state index in [1.54, 1.807) is 6.07 Å². The number of carbonyl (C=O) groups is 1. The van der Waals surface area contributed by atoms with Crippen LogP contribution in [0.15, 0.2) is 24.7 Å². The molecule has 1 aliphatic heterocycles. The number of rotatable bonds is 6. The number of ether oxygens (including phenoxy) is 1. The highest BCUT2D eigenvalue weighted by Crippen LogP contribution is 2.22. The topological polar surface area (TPSA) is 101 Å². The number of pyridine rings is 1. The summed E-state index contributed by atoms with van der Waals surface area (Å²) in [5.74, 6) is 3.02. The molecule has 3 heterocycles. The molecule has 0 bridgehead atoms. The Morgan fingerprint density at radius 3 is 2.81 bits per heavy atom. The maximum Gasteiger partial charge on any atom is 0.341 e. The second kappa shape index (κ2) is 8.96. The molecule has 0 spiro atoms. The lowest BCUT2D eigenvalue weighted by Crippen LogP contribution is -2.39. The molecule has 8 heteroatoms. The van der Waals surface area contributed by atoms with E-state index in [-0.39, 0.29) is 0 Å². The number of piperidine rings is 1. The SMILES string of the molecule is C#Cc1cnc(Nc2cc(NCC3CCCCN3)c(C(=O)OC)cn2)cn1. The standard InChI is InChI=1S/C19H22N6O2/c1-3-13-9-23-18(12-21-13)25-17-8-16(15(11-24-17)19(26)27-2)22-10-14-6-4-5-7-20-14/h1,8-9,11-12,14,20H,4-7,10H2,2H3,(H2,22,23,24,25). The Hall–Kier alpha value is -3.18. The molecule has 2 aromatic heterocycles. The van der Waals surface area contributed by atoms with Gasteiger partial charge in [0.05, 0.1) is 25.2 Å². The van der Waals surface area contributed by atoms with Crippen LogP contribution in [-0.2, 0) is 4.74 Å². The minimum absolute atomic E-state index is 0.371. The average Bonchev–Trinajstić information content (AvgIpc) is 2.73. The summed E-state index contributed by atoms with van der Waals surface area (Å²) in [5, 5.41) is 9.87. The molecule has 0 aromatic carbocycles. The van der Waals surface area contributed by atoms with Crippen LogP contribution in [0.25, 0.3) is 0 Å². The lowest BCUT2D eigenvalue weighted by atomic mass is 10.0. The van der Waals surface area contributed by atoms with E-state index >= 15 is 0 Å². The quantitative estimate of drug-likeness (QED) is 0.527. The van der Waals surface area contributed by atoms with E-state index in [1.165, 1.54) is 38.5 Å². The number of hydrogen-bond acceptors (Lipinski definition) is 8. The van der Waals surface area contributed by atoms with Gasteiger partial charge in [-0.3, -0.25) is 0 Å². The van der Waals surface area contributed by atoms with Crippen LogP contribution < -0.4 is 16.0 Å². The number of esters is 1. The van der Waals surface area contributed by atoms with Crippen molar-refractivity contribution < 1.29 is 9.53 Å². The predicted molar refractivity (Wildman–Crippen MR) is 103 cm³/mol. The first-order valence-electron chi connectivity index (χ1n) is 8.81. The monoisotopic (exact) mass is 366 g/mol. The second-order valence-electron chi connectivity index (χ2n) is 6.19. The number of anilines is 3. The highest BCUT2D eigenvalue weighted by molar-refractivity contribution is 5.95. The van der Waals surface area contributed by atoms with E-state index in [0.29, 0.717) is 41.2 Å². The first-order valence-corrected chi connectivity index (χ1v) is 8.81. The summed E-state index contributed by atoms with van der Waals surface area (Å²) < 4.78 is 4.86. The molecule has 0 saturated carbocycles. The van der Waals surface area contributed by atoms with Gasteiger partial charge in [0, 0.05) is 24.8 Å². The van der Waals surface area contributed by atoms with Crippen molar-refractivity contribution in [3.05, 3.63) is 35.9 Å². The molecule has 27 heavy (non-hydrogen) atoms. The Balaban J connectivity index is 1.76. The van der Waals surface area contributed by atoms with E-state index in [4.69, 9.17) is 11.2 Å². The normalized spacial score (nSPS) is 16.2. The number of aromatic nitrogens is 3. The van der Waals surface area contributed by atoms with Gasteiger partial charge in [0.25, 0.3) is 0 Å². The van der Waals surface area contributed by atoms with Crippen LogP contribution in [0.3, 0.4) is 0 Å². The molecular weight excluding hydrogens is 344 g/mol. The Labute approximate surface area is 158 Å². The van der Waals surface area contributed by atoms with Crippen molar-refractivity contribution in [2.24, 2.45) is 0 Å². The maximum absolute atomic E-state index is 12.0. The molecular formula is C19H22N6O2. The van der Waals surface area contributed by atoms with Gasteiger partial charge in [-0.05, 0) is 25.3 Å². The molecule has 3 rings (SSSR count). The zero-order chi connectivity index (χ0) is 19.1. The number of nitrogens with one attached hydrogen (secondary N) is 3. The van der Waals surface area contributed by atoms with Gasteiger partial charge in [0.1, 0.15) is 22.9 Å². The fourth-order valence-corrected chi connectivity index (χ4v) is 2.87. The van der Waals surface area contributed by atoms with Crippen LogP contribution >= 0.6 is 0 Å². The maximum atomic E-state index is 12.0. The molecule has 1 saturated heterocycles. The van der Waals surface area contributed by atoms with E-state index in [1.807, 2.05) is 0 Å². The highest BCUT2D eigenvalue weighted by Gasteiger charge is 2.17. The third-order valence-corrected chi connectivity index (χ3v) is 4.32. The molecule has 1 atom stereocenters. The van der Waals surface area contributed by atoms with Gasteiger partial charge in [-0.1, -0.05) is 6.42 Å². The third-order valence-electron chi connectivity index (χ3n) is 4.32. The van der Waals surface area contributed by atoms with Gasteiger partial charge in [-0.25, -0.2) is 19.7 Å². The Morgan fingerprint density at radius 2 is 2.15 bits per heavy atom. The Morgan fingerprint density at radius 1 is 1.30 bits per heavy atom. The molecule has 1 aliphatic rings. The van der Waals surface area contributed by atoms with Crippen molar-refractivity contribution in [3.8, 4) is 12.3 Å². The summed E-state index contributed by atoms with van der Waals surface area (Å²) in [4.78, 5) is 24.6. The van der Waals surface area contributed by atoms with E-state index < -0.39 is 5.97 Å². The van der Waals surface area contributed by atoms with Crippen molar-refractivity contribution in [2.75, 3.05) is 30.8 Å². The Bertz CT molecular complexity index is 825. The first-order chi connectivity index (χ1) is 13.2. The van der Waals surface area contributed by atoms with Crippen molar-refractivity contribution in [1.29, 1.82) is 0 Å². The molecule has 140 valence electrons. The molecule has 0 radical (unpaired) electrons. The molecule has 1 unspecified atom stereocenters. The molecule has 0 amide bonds. The lowest BCUT2D eigenvalue weighted by Gasteiger charge is -2.24. The van der Waals surface area contributed by atoms with Gasteiger partial charge >= 0.3 is 5.97 Å². The van der Waals surface area contributed by atoms with E-state index in [9.17, 15) is 4.79 Å². The smallest absolute Gasteiger partial charge is 0.341 e. The van der Waals surface area contributed by atoms with Gasteiger partial charge in [0.2, 0.25) is 0 Å². The summed E-state index contributed by atoms with van der Waals surface area (Å²) in [6.45, 7) is 1.73. The zero-order valence-electron chi connectivity index (χ0n) is 15.2. The summed E-state index contributed by atoms with van der Waals surface area (Å²) >= 11 is 0. The van der Waals surface area contributed by atoms with Crippen LogP contribution in [-0.4, -0.2) is 47.2 Å². The minimum atomic E-state index is -0.439. The van der Waals surface area contributed by atoms with Gasteiger partial charge in [-0.15, -0.1) is 6.42 Å². The minimum Gasteiger partial charge on any atom is -0.465 e. The fourth-order valence-electron chi connectivity index (χ4n) is 2.87. The average molecular weight is 366 g/mol. The van der Waals surface area contributed by atoms with Gasteiger partial charge < -0.3 is 20.7 Å². The van der Waals surface area contributed by atoms with Crippen LogP contribution in [0.5, 0.6) is 0 Å². The summed E-state index contributed by atoms with van der Waals surface area (Å²) in [5.41, 5.74) is 1.49. The summed E-state index contributed by atoms with van der Waals surface area (Å²) in [6.07, 6.45) is 13.3. The second-order valence-corrected chi connectivity index (χ2v) is 6.19.